The predicted molar refractivity (Wildman–Crippen MR) is 112 cm³/mol. The SMILES string of the molecule is CN=C(NCc1ccc(C(=O)NC)cc1)N1CC2CCCCC2C1.I. The van der Waals surface area contributed by atoms with E-state index < -0.39 is 0 Å². The molecule has 25 heavy (non-hydrogen) atoms. The van der Waals surface area contributed by atoms with E-state index in [0.29, 0.717) is 5.56 Å². The van der Waals surface area contributed by atoms with Crippen molar-refractivity contribution in [1.29, 1.82) is 0 Å². The average Bonchev–Trinajstić information content (AvgIpc) is 3.06. The number of hydrogen-bond acceptors (Lipinski definition) is 2. The Kier molecular flexibility index (Phi) is 7.53. The number of nitrogens with zero attached hydrogens (tertiary/aromatic N) is 2. The summed E-state index contributed by atoms with van der Waals surface area (Å²) in [6.07, 6.45) is 5.52. The van der Waals surface area contributed by atoms with Gasteiger partial charge in [0.2, 0.25) is 0 Å². The Morgan fingerprint density at radius 3 is 2.28 bits per heavy atom. The number of fused-ring (bicyclic) bond motifs is 1. The molecule has 2 fully saturated rings. The molecule has 1 amide bonds. The fraction of sp³-hybridized carbons (Fsp3) is 0.579. The van der Waals surface area contributed by atoms with E-state index in [1.54, 1.807) is 7.05 Å². The molecular formula is C19H29IN4O. The van der Waals surface area contributed by atoms with E-state index in [-0.39, 0.29) is 29.9 Å². The standard InChI is InChI=1S/C19H28N4O.HI/c1-20-18(24)15-9-7-14(8-10-15)11-22-19(21-2)23-12-16-5-3-4-6-17(16)13-23;/h7-10,16-17H,3-6,11-13H2,1-2H3,(H,20,24)(H,21,22);1H. The Morgan fingerprint density at radius 2 is 1.76 bits per heavy atom. The normalized spacial score (nSPS) is 22.8. The maximum Gasteiger partial charge on any atom is 0.251 e. The van der Waals surface area contributed by atoms with Gasteiger partial charge in [0.15, 0.2) is 5.96 Å². The van der Waals surface area contributed by atoms with E-state index in [1.165, 1.54) is 25.7 Å². The van der Waals surface area contributed by atoms with Gasteiger partial charge in [0, 0.05) is 39.3 Å². The number of benzene rings is 1. The van der Waals surface area contributed by atoms with E-state index in [2.05, 4.69) is 20.5 Å². The predicted octanol–water partition coefficient (Wildman–Crippen LogP) is 2.86. The van der Waals surface area contributed by atoms with E-state index in [1.807, 2.05) is 31.3 Å². The average molecular weight is 456 g/mol. The van der Waals surface area contributed by atoms with Gasteiger partial charge in [0.25, 0.3) is 5.91 Å². The van der Waals surface area contributed by atoms with Gasteiger partial charge in [0.1, 0.15) is 0 Å². The summed E-state index contributed by atoms with van der Waals surface area (Å²) in [6.45, 7) is 3.01. The van der Waals surface area contributed by atoms with Crippen LogP contribution in [0.25, 0.3) is 0 Å². The molecule has 6 heteroatoms. The van der Waals surface area contributed by atoms with E-state index >= 15 is 0 Å². The second kappa shape index (κ2) is 9.40. The van der Waals surface area contributed by atoms with Gasteiger partial charge in [-0.3, -0.25) is 9.79 Å². The third kappa shape index (κ3) is 4.86. The minimum absolute atomic E-state index is 0. The number of carbonyl (C=O) groups is 1. The third-order valence-electron chi connectivity index (χ3n) is 5.38. The van der Waals surface area contributed by atoms with Crippen LogP contribution in [0.15, 0.2) is 29.3 Å². The van der Waals surface area contributed by atoms with Gasteiger partial charge in [-0.1, -0.05) is 25.0 Å². The fourth-order valence-corrected chi connectivity index (χ4v) is 4.01. The first kappa shape index (κ1) is 20.0. The molecule has 1 aromatic rings. The molecule has 1 saturated heterocycles. The summed E-state index contributed by atoms with van der Waals surface area (Å²) in [6, 6.07) is 7.72. The number of guanidine groups is 1. The third-order valence-corrected chi connectivity index (χ3v) is 5.38. The van der Waals surface area contributed by atoms with Gasteiger partial charge in [-0.05, 0) is 42.4 Å². The van der Waals surface area contributed by atoms with Gasteiger partial charge < -0.3 is 15.5 Å². The summed E-state index contributed by atoms with van der Waals surface area (Å²) in [5.74, 6) is 2.65. The maximum absolute atomic E-state index is 11.6. The summed E-state index contributed by atoms with van der Waals surface area (Å²) in [7, 11) is 3.51. The van der Waals surface area contributed by atoms with Crippen LogP contribution in [0.1, 0.15) is 41.6 Å². The van der Waals surface area contributed by atoms with Crippen LogP contribution in [0.2, 0.25) is 0 Å². The van der Waals surface area contributed by atoms with Gasteiger partial charge in [0.05, 0.1) is 0 Å². The largest absolute Gasteiger partial charge is 0.355 e. The van der Waals surface area contributed by atoms with Crippen molar-refractivity contribution in [2.75, 3.05) is 27.2 Å². The monoisotopic (exact) mass is 456 g/mol. The molecule has 1 aliphatic carbocycles. The molecular weight excluding hydrogens is 427 g/mol. The first-order valence-corrected chi connectivity index (χ1v) is 8.98. The van der Waals surface area contributed by atoms with Gasteiger partial charge in [-0.2, -0.15) is 0 Å². The molecule has 1 aromatic carbocycles. The minimum Gasteiger partial charge on any atom is -0.355 e. The van der Waals surface area contributed by atoms with Crippen LogP contribution in [0.5, 0.6) is 0 Å². The molecule has 2 N–H and O–H groups in total. The molecule has 0 radical (unpaired) electrons. The van der Waals surface area contributed by atoms with Gasteiger partial charge >= 0.3 is 0 Å². The molecule has 2 atom stereocenters. The van der Waals surface area contributed by atoms with E-state index in [4.69, 9.17) is 0 Å². The lowest BCUT2D eigenvalue weighted by molar-refractivity contribution is 0.0963. The molecule has 138 valence electrons. The number of nitrogens with one attached hydrogen (secondary N) is 2. The Labute approximate surface area is 167 Å². The molecule has 0 spiro atoms. The number of rotatable bonds is 3. The number of amides is 1. The smallest absolute Gasteiger partial charge is 0.251 e. The molecule has 2 aliphatic rings. The quantitative estimate of drug-likeness (QED) is 0.418. The maximum atomic E-state index is 11.6. The van der Waals surface area contributed by atoms with Crippen LogP contribution in [-0.4, -0.2) is 44.0 Å². The molecule has 5 nitrogen and oxygen atoms in total. The van der Waals surface area contributed by atoms with Crippen molar-refractivity contribution in [1.82, 2.24) is 15.5 Å². The summed E-state index contributed by atoms with van der Waals surface area (Å²) in [5.41, 5.74) is 1.84. The highest BCUT2D eigenvalue weighted by molar-refractivity contribution is 14.0. The van der Waals surface area contributed by atoms with Crippen LogP contribution < -0.4 is 10.6 Å². The highest BCUT2D eigenvalue weighted by atomic mass is 127. The number of aliphatic imine (C=N–C) groups is 1. The van der Waals surface area contributed by atoms with Crippen LogP contribution in [-0.2, 0) is 6.54 Å². The summed E-state index contributed by atoms with van der Waals surface area (Å²) in [4.78, 5) is 18.5. The Morgan fingerprint density at radius 1 is 1.16 bits per heavy atom. The lowest BCUT2D eigenvalue weighted by atomic mass is 9.82. The molecule has 2 unspecified atom stereocenters. The lowest BCUT2D eigenvalue weighted by Crippen LogP contribution is -2.39. The van der Waals surface area contributed by atoms with E-state index in [0.717, 1.165) is 43.0 Å². The first-order valence-electron chi connectivity index (χ1n) is 8.98. The van der Waals surface area contributed by atoms with Crippen molar-refractivity contribution < 1.29 is 4.79 Å². The Hall–Kier alpha value is -1.31. The zero-order valence-corrected chi connectivity index (χ0v) is 17.5. The second-order valence-electron chi connectivity index (χ2n) is 6.89. The van der Waals surface area contributed by atoms with Crippen LogP contribution in [0, 0.1) is 11.8 Å². The fourth-order valence-electron chi connectivity index (χ4n) is 4.01. The number of carbonyl (C=O) groups excluding carboxylic acids is 1. The highest BCUT2D eigenvalue weighted by Crippen LogP contribution is 2.35. The topological polar surface area (TPSA) is 56.7 Å². The molecule has 1 aliphatic heterocycles. The van der Waals surface area contributed by atoms with E-state index in [9.17, 15) is 4.79 Å². The van der Waals surface area contributed by atoms with Crippen molar-refractivity contribution >= 4 is 35.8 Å². The number of halogens is 1. The second-order valence-corrected chi connectivity index (χ2v) is 6.89. The summed E-state index contributed by atoms with van der Waals surface area (Å²) >= 11 is 0. The highest BCUT2D eigenvalue weighted by Gasteiger charge is 2.35. The number of hydrogen-bond donors (Lipinski definition) is 2. The Bertz CT molecular complexity index is 588. The summed E-state index contributed by atoms with van der Waals surface area (Å²) in [5, 5.41) is 6.12. The summed E-state index contributed by atoms with van der Waals surface area (Å²) < 4.78 is 0. The van der Waals surface area contributed by atoms with Crippen molar-refractivity contribution in [3.63, 3.8) is 0 Å². The van der Waals surface area contributed by atoms with Gasteiger partial charge in [-0.15, -0.1) is 24.0 Å². The zero-order valence-electron chi connectivity index (χ0n) is 15.1. The Balaban J connectivity index is 0.00000225. The van der Waals surface area contributed by atoms with Crippen molar-refractivity contribution in [3.8, 4) is 0 Å². The van der Waals surface area contributed by atoms with Crippen molar-refractivity contribution in [2.24, 2.45) is 16.8 Å². The molecule has 3 rings (SSSR count). The van der Waals surface area contributed by atoms with Crippen LogP contribution in [0.3, 0.4) is 0 Å². The van der Waals surface area contributed by atoms with Crippen LogP contribution in [0.4, 0.5) is 0 Å². The van der Waals surface area contributed by atoms with Crippen LogP contribution >= 0.6 is 24.0 Å². The minimum atomic E-state index is -0.0509. The molecule has 1 heterocycles. The van der Waals surface area contributed by atoms with Gasteiger partial charge in [-0.25, -0.2) is 0 Å². The molecule has 1 saturated carbocycles. The van der Waals surface area contributed by atoms with Crippen molar-refractivity contribution in [2.45, 2.75) is 32.2 Å². The first-order chi connectivity index (χ1) is 11.7. The number of likely N-dealkylation sites (tertiary alicyclic amines) is 1. The molecule has 0 bridgehead atoms. The van der Waals surface area contributed by atoms with Crippen molar-refractivity contribution in [3.05, 3.63) is 35.4 Å². The molecule has 0 aromatic heterocycles. The zero-order chi connectivity index (χ0) is 16.9. The lowest BCUT2D eigenvalue weighted by Gasteiger charge is -2.22.